The molecule has 3 N–H and O–H groups in total. The van der Waals surface area contributed by atoms with Gasteiger partial charge in [-0.3, -0.25) is 37.3 Å². The van der Waals surface area contributed by atoms with Crippen molar-refractivity contribution in [3.8, 4) is 0 Å². The molecule has 0 saturated heterocycles. The summed E-state index contributed by atoms with van der Waals surface area (Å²) in [6.45, 7) is 9.46. The number of rotatable bonds is 78. The molecule has 0 aliphatic carbocycles. The summed E-state index contributed by atoms with van der Waals surface area (Å²) in [7, 11) is -9.91. The normalized spacial score (nSPS) is 13.9. The van der Waals surface area contributed by atoms with Crippen LogP contribution in [-0.4, -0.2) is 96.7 Å². The molecule has 0 aliphatic heterocycles. The monoisotopic (exact) mass is 1440 g/mol. The van der Waals surface area contributed by atoms with Crippen LogP contribution in [0.1, 0.15) is 414 Å². The van der Waals surface area contributed by atoms with Crippen molar-refractivity contribution < 1.29 is 80.2 Å². The van der Waals surface area contributed by atoms with Gasteiger partial charge in [0.2, 0.25) is 0 Å². The number of hydrogen-bond donors (Lipinski definition) is 3. The van der Waals surface area contributed by atoms with E-state index in [0.29, 0.717) is 37.5 Å². The van der Waals surface area contributed by atoms with E-state index in [1.165, 1.54) is 225 Å². The van der Waals surface area contributed by atoms with Crippen molar-refractivity contribution in [2.45, 2.75) is 432 Å². The van der Waals surface area contributed by atoms with Gasteiger partial charge in [-0.25, -0.2) is 9.13 Å². The van der Waals surface area contributed by atoms with Crippen LogP contribution in [0.25, 0.3) is 0 Å². The van der Waals surface area contributed by atoms with Gasteiger partial charge in [-0.15, -0.1) is 0 Å². The first-order valence-electron chi connectivity index (χ1n) is 41.0. The number of carbonyl (C=O) groups is 4. The first-order valence-corrected chi connectivity index (χ1v) is 44.0. The zero-order chi connectivity index (χ0) is 72.1. The lowest BCUT2D eigenvalue weighted by molar-refractivity contribution is -0.161. The topological polar surface area (TPSA) is 237 Å². The molecule has 0 amide bonds. The van der Waals surface area contributed by atoms with Crippen molar-refractivity contribution in [1.82, 2.24) is 0 Å². The number of phosphoric ester groups is 2. The molecule has 0 aromatic carbocycles. The summed E-state index contributed by atoms with van der Waals surface area (Å²) in [6.07, 6.45) is 60.2. The Kier molecular flexibility index (Phi) is 69.3. The van der Waals surface area contributed by atoms with Crippen molar-refractivity contribution in [3.05, 3.63) is 0 Å². The number of ether oxygens (including phenoxy) is 4. The average Bonchev–Trinajstić information content (AvgIpc) is 1.31. The molecule has 0 aromatic rings. The number of aliphatic hydroxyl groups excluding tert-OH is 1. The van der Waals surface area contributed by atoms with Gasteiger partial charge in [0.05, 0.1) is 26.4 Å². The SMILES string of the molecule is CCCCCCCCCCCCCCCCCCCCCCC(=O)O[C@H](COC(=O)CCCCCCCCCCCCCCCCCCCCC)COP(=O)(O)OC[C@@H](O)COP(=O)(O)OC[C@@H](COC(=O)CCCCCCCCC(C)C)OC(=O)CCCCCCCCCC(C)C. The zero-order valence-electron chi connectivity index (χ0n) is 64.1. The van der Waals surface area contributed by atoms with Gasteiger partial charge in [0.15, 0.2) is 12.2 Å². The highest BCUT2D eigenvalue weighted by Crippen LogP contribution is 2.45. The fraction of sp³-hybridized carbons (Fsp3) is 0.949. The minimum atomic E-state index is -4.96. The van der Waals surface area contributed by atoms with E-state index in [4.69, 9.17) is 37.0 Å². The van der Waals surface area contributed by atoms with Crippen LogP contribution in [0.2, 0.25) is 0 Å². The Morgan fingerprint density at radius 1 is 0.276 bits per heavy atom. The summed E-state index contributed by atoms with van der Waals surface area (Å²) in [4.78, 5) is 72.8. The van der Waals surface area contributed by atoms with Crippen molar-refractivity contribution in [2.24, 2.45) is 11.8 Å². The quantitative estimate of drug-likeness (QED) is 0.0222. The van der Waals surface area contributed by atoms with Crippen LogP contribution < -0.4 is 0 Å². The van der Waals surface area contributed by atoms with E-state index in [1.54, 1.807) is 0 Å². The molecule has 2 unspecified atom stereocenters. The van der Waals surface area contributed by atoms with Crippen LogP contribution in [0.15, 0.2) is 0 Å². The van der Waals surface area contributed by atoms with E-state index >= 15 is 0 Å². The second kappa shape index (κ2) is 70.7. The average molecular weight is 1440 g/mol. The van der Waals surface area contributed by atoms with Crippen LogP contribution >= 0.6 is 15.6 Å². The summed E-state index contributed by atoms with van der Waals surface area (Å²) < 4.78 is 68.5. The number of aliphatic hydroxyl groups is 1. The van der Waals surface area contributed by atoms with Crippen molar-refractivity contribution in [3.63, 3.8) is 0 Å². The second-order valence-corrected chi connectivity index (χ2v) is 32.3. The number of carbonyl (C=O) groups excluding carboxylic acids is 4. The molecule has 0 aliphatic rings. The molecule has 0 aromatic heterocycles. The van der Waals surface area contributed by atoms with Gasteiger partial charge in [-0.05, 0) is 37.5 Å². The molecule has 0 bridgehead atoms. The van der Waals surface area contributed by atoms with Crippen LogP contribution in [0.5, 0.6) is 0 Å². The minimum Gasteiger partial charge on any atom is -0.462 e. The second-order valence-electron chi connectivity index (χ2n) is 29.4. The molecular weight excluding hydrogens is 1280 g/mol. The Morgan fingerprint density at radius 2 is 0.469 bits per heavy atom. The Bertz CT molecular complexity index is 1890. The largest absolute Gasteiger partial charge is 0.472 e. The minimum absolute atomic E-state index is 0.103. The Labute approximate surface area is 600 Å². The van der Waals surface area contributed by atoms with Crippen molar-refractivity contribution >= 4 is 39.5 Å². The molecule has 17 nitrogen and oxygen atoms in total. The third-order valence-corrected chi connectivity index (χ3v) is 20.4. The third kappa shape index (κ3) is 72.4. The maximum Gasteiger partial charge on any atom is 0.472 e. The highest BCUT2D eigenvalue weighted by Gasteiger charge is 2.30. The molecule has 0 rings (SSSR count). The summed E-state index contributed by atoms with van der Waals surface area (Å²) in [5, 5.41) is 10.6. The van der Waals surface area contributed by atoms with Crippen LogP contribution in [0.4, 0.5) is 0 Å². The molecule has 0 fully saturated rings. The fourth-order valence-corrected chi connectivity index (χ4v) is 13.8. The number of esters is 4. The van der Waals surface area contributed by atoms with Crippen LogP contribution in [-0.2, 0) is 65.4 Å². The van der Waals surface area contributed by atoms with E-state index in [-0.39, 0.29) is 25.7 Å². The van der Waals surface area contributed by atoms with Gasteiger partial charge in [-0.1, -0.05) is 363 Å². The Hall–Kier alpha value is -1.94. The molecule has 5 atom stereocenters. The molecule has 0 saturated carbocycles. The first kappa shape index (κ1) is 96.1. The maximum absolute atomic E-state index is 13.1. The van der Waals surface area contributed by atoms with Gasteiger partial charge in [-0.2, -0.15) is 0 Å². The van der Waals surface area contributed by atoms with Crippen molar-refractivity contribution in [2.75, 3.05) is 39.6 Å². The highest BCUT2D eigenvalue weighted by atomic mass is 31.2. The van der Waals surface area contributed by atoms with Gasteiger partial charge in [0, 0.05) is 25.7 Å². The number of unbranched alkanes of at least 4 members (excludes halogenated alkanes) is 48. The van der Waals surface area contributed by atoms with Crippen LogP contribution in [0, 0.1) is 11.8 Å². The van der Waals surface area contributed by atoms with Gasteiger partial charge < -0.3 is 33.8 Å². The number of phosphoric acid groups is 2. The lowest BCUT2D eigenvalue weighted by Gasteiger charge is -2.21. The van der Waals surface area contributed by atoms with E-state index in [0.717, 1.165) is 96.3 Å². The molecule has 0 spiro atoms. The zero-order valence-corrected chi connectivity index (χ0v) is 65.9. The van der Waals surface area contributed by atoms with Crippen LogP contribution in [0.3, 0.4) is 0 Å². The first-order chi connectivity index (χ1) is 47.4. The summed E-state index contributed by atoms with van der Waals surface area (Å²) in [5.74, 6) is -0.743. The standard InChI is InChI=1S/C79H154O17P2/c1-7-9-11-13-15-17-19-21-23-25-27-29-31-33-35-37-39-43-51-57-63-78(83)95-74(67-89-76(81)61-55-49-42-38-36-34-32-30-28-26-24-22-20-18-16-14-12-10-8-2)69-93-97(85,86)91-65-73(80)66-92-98(87,88)94-70-75(68-90-77(82)62-56-50-46-45-48-54-60-72(5)6)96-79(84)64-58-52-44-40-41-47-53-59-71(3)4/h71-75,80H,7-70H2,1-6H3,(H,85,86)(H,87,88)/t73-,74-,75-/m1/s1. The third-order valence-electron chi connectivity index (χ3n) is 18.5. The lowest BCUT2D eigenvalue weighted by atomic mass is 10.0. The van der Waals surface area contributed by atoms with Gasteiger partial charge in [0.25, 0.3) is 0 Å². The number of hydrogen-bond acceptors (Lipinski definition) is 15. The fourth-order valence-electron chi connectivity index (χ4n) is 12.2. The van der Waals surface area contributed by atoms with E-state index in [1.807, 2.05) is 0 Å². The molecular formula is C79H154O17P2. The Morgan fingerprint density at radius 3 is 0.694 bits per heavy atom. The maximum atomic E-state index is 13.1. The molecule has 0 heterocycles. The highest BCUT2D eigenvalue weighted by molar-refractivity contribution is 7.47. The van der Waals surface area contributed by atoms with E-state index < -0.39 is 97.5 Å². The molecule has 98 heavy (non-hydrogen) atoms. The predicted octanol–water partition coefficient (Wildman–Crippen LogP) is 23.5. The van der Waals surface area contributed by atoms with Gasteiger partial charge in [0.1, 0.15) is 19.3 Å². The smallest absolute Gasteiger partial charge is 0.462 e. The van der Waals surface area contributed by atoms with Crippen molar-refractivity contribution in [1.29, 1.82) is 0 Å². The van der Waals surface area contributed by atoms with E-state index in [2.05, 4.69) is 41.5 Å². The molecule has 582 valence electrons. The Balaban J connectivity index is 5.18. The predicted molar refractivity (Wildman–Crippen MR) is 400 cm³/mol. The molecule has 19 heteroatoms. The summed E-state index contributed by atoms with van der Waals surface area (Å²) >= 11 is 0. The van der Waals surface area contributed by atoms with Gasteiger partial charge >= 0.3 is 39.5 Å². The lowest BCUT2D eigenvalue weighted by Crippen LogP contribution is -2.30. The van der Waals surface area contributed by atoms with E-state index in [9.17, 15) is 43.2 Å². The molecule has 0 radical (unpaired) electrons. The summed E-state index contributed by atoms with van der Waals surface area (Å²) in [5.41, 5.74) is 0. The summed E-state index contributed by atoms with van der Waals surface area (Å²) in [6, 6.07) is 0.